The van der Waals surface area contributed by atoms with Crippen molar-refractivity contribution >= 4 is 11.9 Å². The Labute approximate surface area is 102 Å². The van der Waals surface area contributed by atoms with Crippen molar-refractivity contribution in [2.75, 3.05) is 0 Å². The topological polar surface area (TPSA) is 37.3 Å². The van der Waals surface area contributed by atoms with Gasteiger partial charge in [0.15, 0.2) is 5.78 Å². The molecule has 90 valence electrons. The molecule has 17 heavy (non-hydrogen) atoms. The molecule has 0 bridgehead atoms. The molecule has 1 fully saturated rings. The van der Waals surface area contributed by atoms with Crippen molar-refractivity contribution in [2.24, 2.45) is 5.92 Å². The highest BCUT2D eigenvalue weighted by molar-refractivity contribution is 5.95. The van der Waals surface area contributed by atoms with Gasteiger partial charge in [0.05, 0.1) is 0 Å². The second kappa shape index (κ2) is 5.67. The second-order valence-electron chi connectivity index (χ2n) is 4.67. The van der Waals surface area contributed by atoms with Crippen molar-refractivity contribution in [2.45, 2.75) is 32.1 Å². The Morgan fingerprint density at radius 3 is 2.71 bits per heavy atom. The summed E-state index contributed by atoms with van der Waals surface area (Å²) in [7, 11) is 0. The molecular formula is C15H18O2. The Hall–Kier alpha value is -1.57. The molecule has 0 spiro atoms. The molecule has 1 aliphatic carbocycles. The number of aromatic hydroxyl groups is 1. The van der Waals surface area contributed by atoms with Gasteiger partial charge in [-0.2, -0.15) is 0 Å². The average molecular weight is 230 g/mol. The van der Waals surface area contributed by atoms with E-state index in [-0.39, 0.29) is 17.5 Å². The molecule has 1 saturated carbocycles. The van der Waals surface area contributed by atoms with Crippen molar-refractivity contribution < 1.29 is 9.90 Å². The molecule has 1 aromatic carbocycles. The van der Waals surface area contributed by atoms with Crippen LogP contribution in [0.3, 0.4) is 0 Å². The van der Waals surface area contributed by atoms with E-state index in [1.54, 1.807) is 30.4 Å². The van der Waals surface area contributed by atoms with Crippen LogP contribution in [0.15, 0.2) is 30.3 Å². The van der Waals surface area contributed by atoms with E-state index in [2.05, 4.69) is 0 Å². The second-order valence-corrected chi connectivity index (χ2v) is 4.67. The summed E-state index contributed by atoms with van der Waals surface area (Å²) in [6, 6.07) is 6.94. The van der Waals surface area contributed by atoms with Crippen LogP contribution in [0.5, 0.6) is 5.75 Å². The molecule has 0 saturated heterocycles. The van der Waals surface area contributed by atoms with Crippen LogP contribution in [0.1, 0.15) is 37.7 Å². The van der Waals surface area contributed by atoms with Gasteiger partial charge in [-0.15, -0.1) is 0 Å². The lowest BCUT2D eigenvalue weighted by atomic mass is 9.86. The fraction of sp³-hybridized carbons (Fsp3) is 0.400. The highest BCUT2D eigenvalue weighted by Crippen LogP contribution is 2.25. The van der Waals surface area contributed by atoms with Crippen LogP contribution in [-0.4, -0.2) is 10.9 Å². The van der Waals surface area contributed by atoms with Gasteiger partial charge in [-0.3, -0.25) is 4.79 Å². The number of hydrogen-bond acceptors (Lipinski definition) is 2. The molecule has 0 aliphatic heterocycles. The summed E-state index contributed by atoms with van der Waals surface area (Å²) >= 11 is 0. The molecule has 0 aromatic heterocycles. The van der Waals surface area contributed by atoms with Gasteiger partial charge in [-0.1, -0.05) is 37.5 Å². The standard InChI is InChI=1S/C15H18O2/c16-14-8-4-5-12(11-14)9-10-15(17)13-6-2-1-3-7-13/h4-5,8-11,13,16H,1-3,6-7H2/b10-9+. The van der Waals surface area contributed by atoms with E-state index in [9.17, 15) is 9.90 Å². The molecule has 1 aromatic rings. The largest absolute Gasteiger partial charge is 0.508 e. The number of benzene rings is 1. The van der Waals surface area contributed by atoms with Crippen LogP contribution >= 0.6 is 0 Å². The number of hydrogen-bond donors (Lipinski definition) is 1. The average Bonchev–Trinajstić information content (AvgIpc) is 2.37. The third-order valence-electron chi connectivity index (χ3n) is 3.32. The van der Waals surface area contributed by atoms with Crippen LogP contribution in [0.2, 0.25) is 0 Å². The van der Waals surface area contributed by atoms with Crippen LogP contribution in [-0.2, 0) is 4.79 Å². The lowest BCUT2D eigenvalue weighted by molar-refractivity contribution is -0.119. The van der Waals surface area contributed by atoms with E-state index in [1.807, 2.05) is 6.07 Å². The minimum atomic E-state index is 0.220. The number of carbonyl (C=O) groups excluding carboxylic acids is 1. The maximum absolute atomic E-state index is 11.9. The number of carbonyl (C=O) groups is 1. The van der Waals surface area contributed by atoms with E-state index in [4.69, 9.17) is 0 Å². The lowest BCUT2D eigenvalue weighted by Gasteiger charge is -2.18. The molecule has 1 N–H and O–H groups in total. The number of rotatable bonds is 3. The van der Waals surface area contributed by atoms with Crippen LogP contribution < -0.4 is 0 Å². The summed E-state index contributed by atoms with van der Waals surface area (Å²) in [6.07, 6.45) is 9.13. The predicted octanol–water partition coefficient (Wildman–Crippen LogP) is 3.55. The first kappa shape index (κ1) is 11.9. The molecule has 0 atom stereocenters. The van der Waals surface area contributed by atoms with E-state index in [0.29, 0.717) is 0 Å². The van der Waals surface area contributed by atoms with E-state index in [0.717, 1.165) is 18.4 Å². The van der Waals surface area contributed by atoms with Crippen molar-refractivity contribution in [3.63, 3.8) is 0 Å². The fourth-order valence-corrected chi connectivity index (χ4v) is 2.33. The normalized spacial score (nSPS) is 17.4. The first-order valence-electron chi connectivity index (χ1n) is 6.26. The molecule has 0 heterocycles. The number of ketones is 1. The zero-order valence-electron chi connectivity index (χ0n) is 9.93. The minimum Gasteiger partial charge on any atom is -0.508 e. The Morgan fingerprint density at radius 1 is 1.24 bits per heavy atom. The summed E-state index contributed by atoms with van der Waals surface area (Å²) < 4.78 is 0. The summed E-state index contributed by atoms with van der Waals surface area (Å²) in [6.45, 7) is 0. The molecule has 0 radical (unpaired) electrons. The van der Waals surface area contributed by atoms with Crippen molar-refractivity contribution in [1.29, 1.82) is 0 Å². The Morgan fingerprint density at radius 2 is 2.00 bits per heavy atom. The maximum Gasteiger partial charge on any atom is 0.158 e. The molecule has 2 heteroatoms. The molecule has 0 unspecified atom stereocenters. The Kier molecular flexibility index (Phi) is 3.97. The monoisotopic (exact) mass is 230 g/mol. The Balaban J connectivity index is 1.97. The third-order valence-corrected chi connectivity index (χ3v) is 3.32. The maximum atomic E-state index is 11.9. The van der Waals surface area contributed by atoms with E-state index in [1.165, 1.54) is 19.3 Å². The van der Waals surface area contributed by atoms with Crippen LogP contribution in [0.25, 0.3) is 6.08 Å². The van der Waals surface area contributed by atoms with Gasteiger partial charge in [0.1, 0.15) is 5.75 Å². The quantitative estimate of drug-likeness (QED) is 0.806. The van der Waals surface area contributed by atoms with Crippen molar-refractivity contribution in [3.05, 3.63) is 35.9 Å². The van der Waals surface area contributed by atoms with Crippen molar-refractivity contribution in [3.8, 4) is 5.75 Å². The minimum absolute atomic E-state index is 0.220. The number of allylic oxidation sites excluding steroid dienone is 1. The van der Waals surface area contributed by atoms with Crippen molar-refractivity contribution in [1.82, 2.24) is 0 Å². The molecule has 2 rings (SSSR count). The Bertz CT molecular complexity index is 415. The van der Waals surface area contributed by atoms with E-state index >= 15 is 0 Å². The molecule has 2 nitrogen and oxygen atoms in total. The molecule has 0 amide bonds. The lowest BCUT2D eigenvalue weighted by Crippen LogP contribution is -2.15. The third kappa shape index (κ3) is 3.45. The summed E-state index contributed by atoms with van der Waals surface area (Å²) in [4.78, 5) is 11.9. The van der Waals surface area contributed by atoms with Crippen LogP contribution in [0, 0.1) is 5.92 Å². The smallest absolute Gasteiger partial charge is 0.158 e. The van der Waals surface area contributed by atoms with E-state index < -0.39 is 0 Å². The first-order valence-corrected chi connectivity index (χ1v) is 6.26. The molecule has 1 aliphatic rings. The van der Waals surface area contributed by atoms with Gasteiger partial charge in [0.25, 0.3) is 0 Å². The predicted molar refractivity (Wildman–Crippen MR) is 68.7 cm³/mol. The summed E-state index contributed by atoms with van der Waals surface area (Å²) in [5.74, 6) is 0.683. The highest BCUT2D eigenvalue weighted by atomic mass is 16.3. The van der Waals surface area contributed by atoms with Gasteiger partial charge in [0, 0.05) is 5.92 Å². The molecular weight excluding hydrogens is 212 g/mol. The number of phenols is 1. The SMILES string of the molecule is O=C(/C=C/c1cccc(O)c1)C1CCCCC1. The van der Waals surface area contributed by atoms with Gasteiger partial charge < -0.3 is 5.11 Å². The van der Waals surface area contributed by atoms with Gasteiger partial charge in [-0.25, -0.2) is 0 Å². The zero-order valence-corrected chi connectivity index (χ0v) is 9.93. The fourth-order valence-electron chi connectivity index (χ4n) is 2.33. The summed E-state index contributed by atoms with van der Waals surface area (Å²) in [5.41, 5.74) is 0.870. The van der Waals surface area contributed by atoms with Gasteiger partial charge in [-0.05, 0) is 36.6 Å². The zero-order chi connectivity index (χ0) is 12.1. The summed E-state index contributed by atoms with van der Waals surface area (Å²) in [5, 5.41) is 9.31. The van der Waals surface area contributed by atoms with Crippen LogP contribution in [0.4, 0.5) is 0 Å². The first-order chi connectivity index (χ1) is 8.25. The van der Waals surface area contributed by atoms with Gasteiger partial charge in [0.2, 0.25) is 0 Å². The number of phenolic OH excluding ortho intramolecular Hbond substituents is 1. The highest BCUT2D eigenvalue weighted by Gasteiger charge is 2.18. The van der Waals surface area contributed by atoms with Gasteiger partial charge >= 0.3 is 0 Å².